The van der Waals surface area contributed by atoms with Crippen molar-refractivity contribution >= 4 is 44.5 Å². The van der Waals surface area contributed by atoms with E-state index in [0.717, 1.165) is 10.4 Å². The van der Waals surface area contributed by atoms with Gasteiger partial charge >= 0.3 is 0 Å². The number of amides is 1. The minimum atomic E-state index is -0.332. The lowest BCUT2D eigenvalue weighted by Gasteiger charge is -2.08. The van der Waals surface area contributed by atoms with Crippen LogP contribution in [0.5, 0.6) is 0 Å². The molecule has 0 spiro atoms. The highest BCUT2D eigenvalue weighted by atomic mass is 32.1. The fraction of sp³-hybridized carbons (Fsp3) is 0.105. The minimum Gasteiger partial charge on any atom is -0.392 e. The van der Waals surface area contributed by atoms with Gasteiger partial charge in [-0.1, -0.05) is 18.2 Å². The first kappa shape index (κ1) is 17.6. The normalized spacial score (nSPS) is 11.0. The third-order valence-electron chi connectivity index (χ3n) is 4.05. The van der Waals surface area contributed by atoms with Gasteiger partial charge in [0.25, 0.3) is 5.56 Å². The van der Waals surface area contributed by atoms with Crippen molar-refractivity contribution in [2.24, 2.45) is 0 Å². The van der Waals surface area contributed by atoms with Crippen molar-refractivity contribution in [3.05, 3.63) is 69.4 Å². The Bertz CT molecular complexity index is 1160. The molecule has 0 aliphatic carbocycles. The van der Waals surface area contributed by atoms with Crippen molar-refractivity contribution in [1.29, 1.82) is 0 Å². The Hall–Kier alpha value is -2.81. The molecule has 1 amide bonds. The van der Waals surface area contributed by atoms with Gasteiger partial charge in [0.1, 0.15) is 11.4 Å². The average molecular weight is 397 g/mol. The molecule has 0 aliphatic rings. The molecular weight excluding hydrogens is 382 g/mol. The second kappa shape index (κ2) is 7.43. The van der Waals surface area contributed by atoms with Crippen LogP contribution in [-0.4, -0.2) is 20.6 Å². The number of thiophene rings is 2. The predicted octanol–water partition coefficient (Wildman–Crippen LogP) is 3.32. The minimum absolute atomic E-state index is 0.104. The molecule has 8 heteroatoms. The van der Waals surface area contributed by atoms with E-state index in [0.29, 0.717) is 21.5 Å². The van der Waals surface area contributed by atoms with E-state index in [9.17, 15) is 14.7 Å². The van der Waals surface area contributed by atoms with E-state index in [4.69, 9.17) is 0 Å². The van der Waals surface area contributed by atoms with Gasteiger partial charge < -0.3 is 10.4 Å². The lowest BCUT2D eigenvalue weighted by Crippen LogP contribution is -2.27. The number of aromatic nitrogens is 2. The third kappa shape index (κ3) is 3.55. The van der Waals surface area contributed by atoms with Crippen LogP contribution in [0.3, 0.4) is 0 Å². The number of hydrogen-bond acceptors (Lipinski definition) is 6. The number of benzene rings is 1. The Labute approximate surface area is 162 Å². The maximum absolute atomic E-state index is 12.9. The zero-order valence-corrected chi connectivity index (χ0v) is 15.7. The number of fused-ring (bicyclic) bond motifs is 1. The van der Waals surface area contributed by atoms with Crippen LogP contribution < -0.4 is 10.9 Å². The van der Waals surface area contributed by atoms with Crippen LogP contribution in [0, 0.1) is 0 Å². The lowest BCUT2D eigenvalue weighted by molar-refractivity contribution is -0.116. The number of carbonyl (C=O) groups is 1. The molecule has 0 aliphatic heterocycles. The number of rotatable bonds is 5. The molecule has 0 saturated carbocycles. The average Bonchev–Trinajstić information content (AvgIpc) is 3.33. The number of hydrogen-bond donors (Lipinski definition) is 2. The van der Waals surface area contributed by atoms with Gasteiger partial charge in [0.2, 0.25) is 5.91 Å². The van der Waals surface area contributed by atoms with Gasteiger partial charge in [-0.2, -0.15) is 0 Å². The van der Waals surface area contributed by atoms with Crippen LogP contribution >= 0.6 is 22.7 Å². The van der Waals surface area contributed by atoms with Gasteiger partial charge in [0.05, 0.1) is 18.3 Å². The van der Waals surface area contributed by atoms with Gasteiger partial charge in [-0.15, -0.1) is 22.7 Å². The molecule has 6 nitrogen and oxygen atoms in total. The number of carbonyl (C=O) groups excluding carboxylic acids is 1. The largest absolute Gasteiger partial charge is 0.392 e. The molecule has 0 saturated heterocycles. The highest BCUT2D eigenvalue weighted by Crippen LogP contribution is 2.33. The van der Waals surface area contributed by atoms with E-state index < -0.39 is 0 Å². The van der Waals surface area contributed by atoms with Gasteiger partial charge in [0, 0.05) is 21.5 Å². The Morgan fingerprint density at radius 1 is 1.22 bits per heavy atom. The highest BCUT2D eigenvalue weighted by molar-refractivity contribution is 7.18. The quantitative estimate of drug-likeness (QED) is 0.541. The van der Waals surface area contributed by atoms with Crippen molar-refractivity contribution in [3.63, 3.8) is 0 Å². The van der Waals surface area contributed by atoms with E-state index in [1.165, 1.54) is 22.2 Å². The summed E-state index contributed by atoms with van der Waals surface area (Å²) in [6.07, 6.45) is 1.41. The second-order valence-electron chi connectivity index (χ2n) is 5.89. The van der Waals surface area contributed by atoms with Crippen LogP contribution in [0.4, 0.5) is 5.69 Å². The Morgan fingerprint density at radius 2 is 2.11 bits per heavy atom. The summed E-state index contributed by atoms with van der Waals surface area (Å²) in [6, 6.07) is 10.8. The maximum Gasteiger partial charge on any atom is 0.263 e. The molecule has 0 fully saturated rings. The zero-order chi connectivity index (χ0) is 18.8. The van der Waals surface area contributed by atoms with Crippen LogP contribution in [0.2, 0.25) is 0 Å². The number of nitrogens with one attached hydrogen (secondary N) is 1. The number of aliphatic hydroxyl groups excluding tert-OH is 1. The third-order valence-corrected chi connectivity index (χ3v) is 5.84. The van der Waals surface area contributed by atoms with Crippen LogP contribution in [-0.2, 0) is 17.9 Å². The number of anilines is 1. The summed E-state index contributed by atoms with van der Waals surface area (Å²) < 4.78 is 1.32. The molecule has 0 bridgehead atoms. The molecular formula is C19H15N3O3S2. The SMILES string of the molecule is O=C(Cn1cnc2scc(-c3cccs3)c2c1=O)Nc1cccc(CO)c1. The second-order valence-corrected chi connectivity index (χ2v) is 7.70. The number of aliphatic hydroxyl groups is 1. The maximum atomic E-state index is 12.9. The van der Waals surface area contributed by atoms with Crippen LogP contribution in [0.25, 0.3) is 20.7 Å². The van der Waals surface area contributed by atoms with Crippen LogP contribution in [0.15, 0.2) is 58.3 Å². The zero-order valence-electron chi connectivity index (χ0n) is 14.1. The summed E-state index contributed by atoms with van der Waals surface area (Å²) in [5, 5.41) is 16.4. The van der Waals surface area contributed by atoms with E-state index >= 15 is 0 Å². The topological polar surface area (TPSA) is 84.2 Å². The molecule has 4 aromatic rings. The van der Waals surface area contributed by atoms with Gasteiger partial charge in [-0.05, 0) is 29.1 Å². The Morgan fingerprint density at radius 3 is 2.89 bits per heavy atom. The summed E-state index contributed by atoms with van der Waals surface area (Å²) in [7, 11) is 0. The first-order valence-electron chi connectivity index (χ1n) is 8.16. The highest BCUT2D eigenvalue weighted by Gasteiger charge is 2.15. The molecule has 4 rings (SSSR count). The van der Waals surface area contributed by atoms with Gasteiger partial charge in [0.15, 0.2) is 0 Å². The summed E-state index contributed by atoms with van der Waals surface area (Å²) in [5.41, 5.74) is 1.90. The van der Waals surface area contributed by atoms with E-state index in [-0.39, 0.29) is 24.6 Å². The molecule has 0 atom stereocenters. The first-order valence-corrected chi connectivity index (χ1v) is 9.92. The molecule has 0 unspecified atom stereocenters. The van der Waals surface area contributed by atoms with Crippen molar-refractivity contribution < 1.29 is 9.90 Å². The molecule has 3 aromatic heterocycles. The van der Waals surface area contributed by atoms with Crippen LogP contribution in [0.1, 0.15) is 5.56 Å². The Balaban J connectivity index is 1.62. The van der Waals surface area contributed by atoms with E-state index in [1.54, 1.807) is 35.6 Å². The van der Waals surface area contributed by atoms with Gasteiger partial charge in [-0.25, -0.2) is 4.98 Å². The summed E-state index contributed by atoms with van der Waals surface area (Å²) in [4.78, 5) is 31.3. The summed E-state index contributed by atoms with van der Waals surface area (Å²) in [6.45, 7) is -0.238. The summed E-state index contributed by atoms with van der Waals surface area (Å²) in [5.74, 6) is -0.332. The molecule has 1 aromatic carbocycles. The number of nitrogens with zero attached hydrogens (tertiary/aromatic N) is 2. The lowest BCUT2D eigenvalue weighted by atomic mass is 10.2. The van der Waals surface area contributed by atoms with Gasteiger partial charge in [-0.3, -0.25) is 14.2 Å². The van der Waals surface area contributed by atoms with Crippen molar-refractivity contribution in [2.45, 2.75) is 13.2 Å². The van der Waals surface area contributed by atoms with E-state index in [1.807, 2.05) is 22.9 Å². The fourth-order valence-corrected chi connectivity index (χ4v) is 4.52. The van der Waals surface area contributed by atoms with E-state index in [2.05, 4.69) is 10.3 Å². The first-order chi connectivity index (χ1) is 13.2. The fourth-order valence-electron chi connectivity index (χ4n) is 2.80. The van der Waals surface area contributed by atoms with Crippen molar-refractivity contribution in [3.8, 4) is 10.4 Å². The van der Waals surface area contributed by atoms with Crippen molar-refractivity contribution in [2.75, 3.05) is 5.32 Å². The predicted molar refractivity (Wildman–Crippen MR) is 108 cm³/mol. The Kier molecular flexibility index (Phi) is 4.85. The van der Waals surface area contributed by atoms with Crippen molar-refractivity contribution in [1.82, 2.24) is 9.55 Å². The molecule has 27 heavy (non-hydrogen) atoms. The summed E-state index contributed by atoms with van der Waals surface area (Å²) >= 11 is 2.98. The monoisotopic (exact) mass is 397 g/mol. The molecule has 136 valence electrons. The molecule has 2 N–H and O–H groups in total. The standard InChI is InChI=1S/C19H15N3O3S2/c23-9-12-3-1-4-13(7-12)21-16(24)8-22-11-20-18-17(19(22)25)14(10-27-18)15-5-2-6-26-15/h1-7,10-11,23H,8-9H2,(H,21,24). The molecule has 3 heterocycles. The smallest absolute Gasteiger partial charge is 0.263 e. The molecule has 0 radical (unpaired) electrons.